The van der Waals surface area contributed by atoms with E-state index in [1.807, 2.05) is 6.92 Å². The molecule has 14 heavy (non-hydrogen) atoms. The smallest absolute Gasteiger partial charge is 0.243 e. The van der Waals surface area contributed by atoms with Crippen molar-refractivity contribution in [2.45, 2.75) is 19.4 Å². The van der Waals surface area contributed by atoms with Crippen LogP contribution < -0.4 is 10.6 Å². The lowest BCUT2D eigenvalue weighted by Crippen LogP contribution is -2.42. The van der Waals surface area contributed by atoms with Gasteiger partial charge in [0.15, 0.2) is 0 Å². The lowest BCUT2D eigenvalue weighted by atomic mass is 10.2. The molecule has 0 aromatic heterocycles. The van der Waals surface area contributed by atoms with Gasteiger partial charge < -0.3 is 10.6 Å². The topological polar surface area (TPSA) is 58.2 Å². The predicted molar refractivity (Wildman–Crippen MR) is 55.6 cm³/mol. The van der Waals surface area contributed by atoms with Crippen molar-refractivity contribution in [3.63, 3.8) is 0 Å². The van der Waals surface area contributed by atoms with Crippen molar-refractivity contribution >= 4 is 11.8 Å². The first-order valence-corrected chi connectivity index (χ1v) is 4.47. The van der Waals surface area contributed by atoms with Crippen LogP contribution in [0.4, 0.5) is 0 Å². The van der Waals surface area contributed by atoms with Crippen LogP contribution in [0.5, 0.6) is 0 Å². The minimum atomic E-state index is -0.240. The van der Waals surface area contributed by atoms with Crippen molar-refractivity contribution in [1.82, 2.24) is 10.6 Å². The van der Waals surface area contributed by atoms with E-state index in [-0.39, 0.29) is 17.9 Å². The molecule has 2 amide bonds. The lowest BCUT2D eigenvalue weighted by molar-refractivity contribution is -0.119. The van der Waals surface area contributed by atoms with E-state index in [1.54, 1.807) is 0 Å². The van der Waals surface area contributed by atoms with Crippen LogP contribution in [0.3, 0.4) is 0 Å². The molecule has 0 heterocycles. The predicted octanol–water partition coefficient (Wildman–Crippen LogP) is 0.369. The first-order valence-electron chi connectivity index (χ1n) is 4.47. The van der Waals surface area contributed by atoms with E-state index in [1.165, 1.54) is 12.2 Å². The van der Waals surface area contributed by atoms with Crippen molar-refractivity contribution in [3.05, 3.63) is 25.3 Å². The second-order valence-electron chi connectivity index (χ2n) is 2.77. The van der Waals surface area contributed by atoms with Crippen LogP contribution in [-0.2, 0) is 9.59 Å². The fourth-order valence-corrected chi connectivity index (χ4v) is 0.854. The molecular weight excluding hydrogens is 180 g/mol. The van der Waals surface area contributed by atoms with Gasteiger partial charge in [0.1, 0.15) is 0 Å². The van der Waals surface area contributed by atoms with Gasteiger partial charge in [0, 0.05) is 12.6 Å². The summed E-state index contributed by atoms with van der Waals surface area (Å²) >= 11 is 0. The van der Waals surface area contributed by atoms with Gasteiger partial charge in [0.05, 0.1) is 0 Å². The molecule has 78 valence electrons. The summed E-state index contributed by atoms with van der Waals surface area (Å²) in [6.45, 7) is 9.00. The minimum Gasteiger partial charge on any atom is -0.351 e. The Morgan fingerprint density at radius 1 is 1.29 bits per heavy atom. The van der Waals surface area contributed by atoms with E-state index < -0.39 is 0 Å². The van der Waals surface area contributed by atoms with Crippen LogP contribution >= 0.6 is 0 Å². The van der Waals surface area contributed by atoms with Crippen molar-refractivity contribution in [3.8, 4) is 0 Å². The normalized spacial score (nSPS) is 11.2. The Bertz CT molecular complexity index is 236. The highest BCUT2D eigenvalue weighted by Gasteiger charge is 2.08. The van der Waals surface area contributed by atoms with Crippen LogP contribution in [-0.4, -0.2) is 24.4 Å². The van der Waals surface area contributed by atoms with E-state index in [0.29, 0.717) is 6.54 Å². The summed E-state index contributed by atoms with van der Waals surface area (Å²) in [4.78, 5) is 21.8. The Hall–Kier alpha value is -1.58. The maximum absolute atomic E-state index is 10.9. The molecule has 0 saturated heterocycles. The minimum absolute atomic E-state index is 0.0654. The molecule has 1 unspecified atom stereocenters. The van der Waals surface area contributed by atoms with Crippen LogP contribution in [0, 0.1) is 0 Å². The molecule has 0 spiro atoms. The van der Waals surface area contributed by atoms with Crippen LogP contribution in [0.15, 0.2) is 25.3 Å². The van der Waals surface area contributed by atoms with Crippen LogP contribution in [0.2, 0.25) is 0 Å². The van der Waals surface area contributed by atoms with Crippen molar-refractivity contribution < 1.29 is 9.59 Å². The van der Waals surface area contributed by atoms with Gasteiger partial charge in [-0.1, -0.05) is 20.1 Å². The number of hydrogen-bond acceptors (Lipinski definition) is 2. The van der Waals surface area contributed by atoms with Crippen LogP contribution in [0.1, 0.15) is 13.3 Å². The Labute approximate surface area is 84.1 Å². The third-order valence-electron chi connectivity index (χ3n) is 1.73. The molecule has 0 fully saturated rings. The molecule has 0 saturated carbocycles. The zero-order valence-electron chi connectivity index (χ0n) is 8.38. The number of rotatable bonds is 6. The second kappa shape index (κ2) is 6.88. The summed E-state index contributed by atoms with van der Waals surface area (Å²) < 4.78 is 0. The van der Waals surface area contributed by atoms with Gasteiger partial charge in [-0.2, -0.15) is 0 Å². The molecule has 0 aromatic rings. The maximum Gasteiger partial charge on any atom is 0.243 e. The first kappa shape index (κ1) is 12.4. The van der Waals surface area contributed by atoms with E-state index in [0.717, 1.165) is 6.42 Å². The maximum atomic E-state index is 10.9. The van der Waals surface area contributed by atoms with Gasteiger partial charge in [-0.05, 0) is 18.6 Å². The summed E-state index contributed by atoms with van der Waals surface area (Å²) in [5, 5.41) is 5.30. The number of carbonyl (C=O) groups is 2. The average molecular weight is 196 g/mol. The summed E-state index contributed by atoms with van der Waals surface area (Å²) in [7, 11) is 0. The van der Waals surface area contributed by atoms with Gasteiger partial charge in [0.2, 0.25) is 11.8 Å². The molecule has 4 heteroatoms. The summed E-state index contributed by atoms with van der Waals surface area (Å²) in [6.07, 6.45) is 3.15. The zero-order valence-corrected chi connectivity index (χ0v) is 8.38. The van der Waals surface area contributed by atoms with E-state index in [9.17, 15) is 9.59 Å². The fraction of sp³-hybridized carbons (Fsp3) is 0.400. The van der Waals surface area contributed by atoms with E-state index in [2.05, 4.69) is 23.8 Å². The zero-order chi connectivity index (χ0) is 11.0. The molecule has 0 aliphatic heterocycles. The third kappa shape index (κ3) is 5.13. The van der Waals surface area contributed by atoms with Crippen LogP contribution in [0.25, 0.3) is 0 Å². The molecule has 4 nitrogen and oxygen atoms in total. The SMILES string of the molecule is C=CC(=O)NCC(CC)NC(=O)C=C. The summed E-state index contributed by atoms with van der Waals surface area (Å²) in [5.74, 6) is -0.471. The third-order valence-corrected chi connectivity index (χ3v) is 1.73. The second-order valence-corrected chi connectivity index (χ2v) is 2.77. The van der Waals surface area contributed by atoms with Crippen molar-refractivity contribution in [1.29, 1.82) is 0 Å². The molecule has 1 atom stereocenters. The van der Waals surface area contributed by atoms with E-state index >= 15 is 0 Å². The Kier molecular flexibility index (Phi) is 6.11. The van der Waals surface area contributed by atoms with Gasteiger partial charge in [-0.3, -0.25) is 9.59 Å². The van der Waals surface area contributed by atoms with Gasteiger partial charge in [0.25, 0.3) is 0 Å². The molecule has 0 rings (SSSR count). The highest BCUT2D eigenvalue weighted by molar-refractivity contribution is 5.88. The van der Waals surface area contributed by atoms with Gasteiger partial charge >= 0.3 is 0 Å². The van der Waals surface area contributed by atoms with Crippen molar-refractivity contribution in [2.24, 2.45) is 0 Å². The quantitative estimate of drug-likeness (QED) is 0.603. The highest BCUT2D eigenvalue weighted by Crippen LogP contribution is 1.89. The number of nitrogens with one attached hydrogen (secondary N) is 2. The van der Waals surface area contributed by atoms with E-state index in [4.69, 9.17) is 0 Å². The van der Waals surface area contributed by atoms with Crippen molar-refractivity contribution in [2.75, 3.05) is 6.54 Å². The number of amides is 2. The standard InChI is InChI=1S/C10H16N2O2/c1-4-8(12-10(14)6-3)7-11-9(13)5-2/h5-6,8H,2-4,7H2,1H3,(H,11,13)(H,12,14). The summed E-state index contributed by atoms with van der Waals surface area (Å²) in [5.41, 5.74) is 0. The molecule has 2 N–H and O–H groups in total. The lowest BCUT2D eigenvalue weighted by Gasteiger charge is -2.15. The highest BCUT2D eigenvalue weighted by atomic mass is 16.2. The Morgan fingerprint density at radius 3 is 2.29 bits per heavy atom. The van der Waals surface area contributed by atoms with Gasteiger partial charge in [-0.25, -0.2) is 0 Å². The molecular formula is C10H16N2O2. The van der Waals surface area contributed by atoms with Gasteiger partial charge in [-0.15, -0.1) is 0 Å². The number of hydrogen-bond donors (Lipinski definition) is 2. The molecule has 0 bridgehead atoms. The monoisotopic (exact) mass is 196 g/mol. The molecule has 0 aromatic carbocycles. The molecule has 0 aliphatic rings. The first-order chi connectivity index (χ1) is 6.63. The fourth-order valence-electron chi connectivity index (χ4n) is 0.854. The Morgan fingerprint density at radius 2 is 1.86 bits per heavy atom. The molecule has 0 radical (unpaired) electrons. The summed E-state index contributed by atoms with van der Waals surface area (Å²) in [6, 6.07) is -0.0654. The number of carbonyl (C=O) groups excluding carboxylic acids is 2. The largest absolute Gasteiger partial charge is 0.351 e. The molecule has 0 aliphatic carbocycles. The Balaban J connectivity index is 3.90. The average Bonchev–Trinajstić information content (AvgIpc) is 2.22.